The summed E-state index contributed by atoms with van der Waals surface area (Å²) in [5, 5.41) is 16.7. The molecule has 6 heteroatoms. The van der Waals surface area contributed by atoms with E-state index in [9.17, 15) is 5.11 Å². The lowest BCUT2D eigenvalue weighted by Crippen LogP contribution is -2.38. The fraction of sp³-hybridized carbons (Fsp3) is 0.545. The third kappa shape index (κ3) is 5.42. The molecular weight excluding hydrogens is 350 g/mol. The highest BCUT2D eigenvalue weighted by Crippen LogP contribution is 2.22. The summed E-state index contributed by atoms with van der Waals surface area (Å²) in [6.07, 6.45) is 7.60. The second-order valence-corrected chi connectivity index (χ2v) is 8.10. The molecule has 0 atom stereocenters. The number of aromatic nitrogens is 2. The Morgan fingerprint density at radius 1 is 0.893 bits per heavy atom. The number of hydrogen-bond donors (Lipinski definition) is 3. The van der Waals surface area contributed by atoms with Crippen molar-refractivity contribution >= 4 is 11.8 Å². The molecule has 4 rings (SSSR count). The van der Waals surface area contributed by atoms with E-state index in [0.717, 1.165) is 64.0 Å². The van der Waals surface area contributed by atoms with E-state index in [1.807, 2.05) is 12.3 Å². The van der Waals surface area contributed by atoms with Gasteiger partial charge in [0.05, 0.1) is 6.10 Å². The minimum Gasteiger partial charge on any atom is -0.393 e. The van der Waals surface area contributed by atoms with Crippen LogP contribution in [0.1, 0.15) is 44.1 Å². The van der Waals surface area contributed by atoms with Crippen LogP contribution < -0.4 is 10.6 Å². The molecule has 2 fully saturated rings. The quantitative estimate of drug-likeness (QED) is 0.713. The van der Waals surface area contributed by atoms with E-state index in [-0.39, 0.29) is 6.10 Å². The number of rotatable bonds is 6. The topological polar surface area (TPSA) is 73.3 Å². The Kier molecular flexibility index (Phi) is 6.39. The highest BCUT2D eigenvalue weighted by atomic mass is 16.3. The normalized spacial score (nSPS) is 24.0. The van der Waals surface area contributed by atoms with Crippen molar-refractivity contribution in [2.75, 3.05) is 23.7 Å². The molecule has 1 aliphatic carbocycles. The molecule has 150 valence electrons. The molecule has 2 aliphatic rings. The maximum absolute atomic E-state index is 9.65. The first-order valence-corrected chi connectivity index (χ1v) is 10.5. The van der Waals surface area contributed by atoms with Gasteiger partial charge in [0.2, 0.25) is 5.95 Å². The molecule has 6 nitrogen and oxygen atoms in total. The Labute approximate surface area is 167 Å². The largest absolute Gasteiger partial charge is 0.393 e. The predicted molar refractivity (Wildman–Crippen MR) is 112 cm³/mol. The molecular formula is C22H31N5O. The van der Waals surface area contributed by atoms with Gasteiger partial charge >= 0.3 is 0 Å². The van der Waals surface area contributed by atoms with Crippen LogP contribution in [0, 0.1) is 0 Å². The van der Waals surface area contributed by atoms with Gasteiger partial charge in [-0.2, -0.15) is 4.98 Å². The van der Waals surface area contributed by atoms with Crippen LogP contribution in [0.2, 0.25) is 0 Å². The van der Waals surface area contributed by atoms with Gasteiger partial charge in [-0.05, 0) is 50.2 Å². The third-order valence-corrected chi connectivity index (χ3v) is 5.87. The Morgan fingerprint density at radius 2 is 1.61 bits per heavy atom. The lowest BCUT2D eigenvalue weighted by molar-refractivity contribution is 0.126. The zero-order chi connectivity index (χ0) is 19.2. The molecule has 2 heterocycles. The highest BCUT2D eigenvalue weighted by molar-refractivity contribution is 5.41. The first-order valence-electron chi connectivity index (χ1n) is 10.5. The standard InChI is InChI=1S/C22H31N5O/c28-20-8-6-18(7-9-20)25-22-23-13-10-21(26-22)24-19-11-14-27(15-12-19)16-17-4-2-1-3-5-17/h1-5,10,13,18-20,28H,6-9,11-12,14-16H2,(H2,23,24,25,26). The van der Waals surface area contributed by atoms with Crippen LogP contribution in [0.25, 0.3) is 0 Å². The van der Waals surface area contributed by atoms with Gasteiger partial charge in [-0.15, -0.1) is 0 Å². The van der Waals surface area contributed by atoms with Gasteiger partial charge in [-0.3, -0.25) is 4.90 Å². The molecule has 1 aliphatic heterocycles. The first kappa shape index (κ1) is 19.2. The van der Waals surface area contributed by atoms with E-state index in [1.165, 1.54) is 5.56 Å². The lowest BCUT2D eigenvalue weighted by atomic mass is 9.93. The molecule has 0 spiro atoms. The van der Waals surface area contributed by atoms with Gasteiger partial charge in [-0.1, -0.05) is 30.3 Å². The van der Waals surface area contributed by atoms with Crippen molar-refractivity contribution < 1.29 is 5.11 Å². The van der Waals surface area contributed by atoms with Gasteiger partial charge in [0, 0.05) is 37.9 Å². The number of hydrogen-bond acceptors (Lipinski definition) is 6. The van der Waals surface area contributed by atoms with Crippen LogP contribution in [0.5, 0.6) is 0 Å². The molecule has 0 radical (unpaired) electrons. The smallest absolute Gasteiger partial charge is 0.224 e. The number of nitrogens with zero attached hydrogens (tertiary/aromatic N) is 3. The zero-order valence-corrected chi connectivity index (χ0v) is 16.4. The number of anilines is 2. The number of aliphatic hydroxyl groups is 1. The molecule has 0 bridgehead atoms. The Bertz CT molecular complexity index is 725. The summed E-state index contributed by atoms with van der Waals surface area (Å²) < 4.78 is 0. The van der Waals surface area contributed by atoms with Crippen molar-refractivity contribution in [1.29, 1.82) is 0 Å². The van der Waals surface area contributed by atoms with Gasteiger partial charge in [0.25, 0.3) is 0 Å². The Morgan fingerprint density at radius 3 is 2.36 bits per heavy atom. The molecule has 0 unspecified atom stereocenters. The summed E-state index contributed by atoms with van der Waals surface area (Å²) in [6.45, 7) is 3.24. The van der Waals surface area contributed by atoms with Crippen molar-refractivity contribution in [2.24, 2.45) is 0 Å². The number of piperidine rings is 1. The van der Waals surface area contributed by atoms with Gasteiger partial charge < -0.3 is 15.7 Å². The number of likely N-dealkylation sites (tertiary alicyclic amines) is 1. The molecule has 1 saturated heterocycles. The maximum atomic E-state index is 9.65. The fourth-order valence-electron chi connectivity index (χ4n) is 4.20. The van der Waals surface area contributed by atoms with E-state index < -0.39 is 0 Å². The van der Waals surface area contributed by atoms with Crippen molar-refractivity contribution in [3.05, 3.63) is 48.2 Å². The van der Waals surface area contributed by atoms with E-state index in [2.05, 4.69) is 55.8 Å². The van der Waals surface area contributed by atoms with E-state index in [1.54, 1.807) is 0 Å². The van der Waals surface area contributed by atoms with E-state index >= 15 is 0 Å². The van der Waals surface area contributed by atoms with E-state index in [0.29, 0.717) is 18.0 Å². The van der Waals surface area contributed by atoms with Gasteiger partial charge in [0.15, 0.2) is 0 Å². The second-order valence-electron chi connectivity index (χ2n) is 8.10. The molecule has 1 aromatic carbocycles. The van der Waals surface area contributed by atoms with Gasteiger partial charge in [-0.25, -0.2) is 4.98 Å². The summed E-state index contributed by atoms with van der Waals surface area (Å²) in [7, 11) is 0. The molecule has 0 amide bonds. The van der Waals surface area contributed by atoms with Crippen molar-refractivity contribution in [2.45, 2.75) is 63.3 Å². The third-order valence-electron chi connectivity index (χ3n) is 5.87. The SMILES string of the molecule is OC1CCC(Nc2nccc(NC3CCN(Cc4ccccc4)CC3)n2)CC1. The molecule has 1 saturated carbocycles. The Hall–Kier alpha value is -2.18. The number of nitrogens with one attached hydrogen (secondary N) is 2. The van der Waals surface area contributed by atoms with Crippen LogP contribution in [-0.2, 0) is 6.54 Å². The van der Waals surface area contributed by atoms with Crippen molar-refractivity contribution in [3.63, 3.8) is 0 Å². The summed E-state index contributed by atoms with van der Waals surface area (Å²) >= 11 is 0. The van der Waals surface area contributed by atoms with E-state index in [4.69, 9.17) is 0 Å². The Balaban J connectivity index is 1.25. The summed E-state index contributed by atoms with van der Waals surface area (Å²) in [6, 6.07) is 13.5. The summed E-state index contributed by atoms with van der Waals surface area (Å²) in [5.74, 6) is 1.59. The summed E-state index contributed by atoms with van der Waals surface area (Å²) in [4.78, 5) is 11.6. The number of benzene rings is 1. The highest BCUT2D eigenvalue weighted by Gasteiger charge is 2.21. The zero-order valence-electron chi connectivity index (χ0n) is 16.4. The maximum Gasteiger partial charge on any atom is 0.224 e. The van der Waals surface area contributed by atoms with Crippen LogP contribution >= 0.6 is 0 Å². The fourth-order valence-corrected chi connectivity index (χ4v) is 4.20. The van der Waals surface area contributed by atoms with Crippen LogP contribution in [0.3, 0.4) is 0 Å². The van der Waals surface area contributed by atoms with Gasteiger partial charge in [0.1, 0.15) is 5.82 Å². The second kappa shape index (κ2) is 9.34. The molecule has 28 heavy (non-hydrogen) atoms. The molecule has 3 N–H and O–H groups in total. The van der Waals surface area contributed by atoms with Crippen LogP contribution in [0.15, 0.2) is 42.6 Å². The summed E-state index contributed by atoms with van der Waals surface area (Å²) in [5.41, 5.74) is 1.38. The average molecular weight is 382 g/mol. The van der Waals surface area contributed by atoms with Crippen LogP contribution in [0.4, 0.5) is 11.8 Å². The lowest BCUT2D eigenvalue weighted by Gasteiger charge is -2.32. The van der Waals surface area contributed by atoms with Crippen molar-refractivity contribution in [1.82, 2.24) is 14.9 Å². The van der Waals surface area contributed by atoms with Crippen LogP contribution in [-0.4, -0.2) is 51.3 Å². The minimum absolute atomic E-state index is 0.139. The minimum atomic E-state index is -0.139. The first-order chi connectivity index (χ1) is 13.7. The van der Waals surface area contributed by atoms with Crippen molar-refractivity contribution in [3.8, 4) is 0 Å². The monoisotopic (exact) mass is 381 g/mol. The average Bonchev–Trinajstić information content (AvgIpc) is 2.72. The number of aliphatic hydroxyl groups excluding tert-OH is 1. The molecule has 2 aromatic rings. The molecule has 1 aromatic heterocycles. The predicted octanol–water partition coefficient (Wildman–Crippen LogP) is 3.27.